The first-order valence-electron chi connectivity index (χ1n) is 12.5. The predicted octanol–water partition coefficient (Wildman–Crippen LogP) is 4.81. The third-order valence-electron chi connectivity index (χ3n) is 6.80. The Labute approximate surface area is 221 Å². The Kier molecular flexibility index (Phi) is 6.72. The van der Waals surface area contributed by atoms with Gasteiger partial charge in [0, 0.05) is 31.9 Å². The highest BCUT2D eigenvalue weighted by atomic mass is 16.7. The summed E-state index contributed by atoms with van der Waals surface area (Å²) in [5.74, 6) is 0.311. The summed E-state index contributed by atoms with van der Waals surface area (Å²) in [6.45, 7) is 4.58. The largest absolute Gasteiger partial charge is 0.507 e. The molecule has 1 unspecified atom stereocenters. The molecular weight excluding hydrogens is 484 g/mol. The summed E-state index contributed by atoms with van der Waals surface area (Å²) in [6, 6.07) is 17.5. The fourth-order valence-electron chi connectivity index (χ4n) is 4.85. The van der Waals surface area contributed by atoms with Gasteiger partial charge in [0.25, 0.3) is 11.7 Å². The monoisotopic (exact) mass is 514 g/mol. The maximum absolute atomic E-state index is 13.4. The van der Waals surface area contributed by atoms with E-state index in [1.807, 2.05) is 69.2 Å². The van der Waals surface area contributed by atoms with E-state index in [0.717, 1.165) is 22.4 Å². The van der Waals surface area contributed by atoms with Crippen LogP contribution in [0.15, 0.2) is 66.2 Å². The second kappa shape index (κ2) is 10.1. The summed E-state index contributed by atoms with van der Waals surface area (Å²) in [6.07, 6.45) is 0. The Morgan fingerprint density at radius 1 is 1.03 bits per heavy atom. The van der Waals surface area contributed by atoms with Crippen molar-refractivity contribution in [2.45, 2.75) is 26.4 Å². The molecule has 0 aliphatic carbocycles. The Hall–Kier alpha value is -4.46. The zero-order valence-electron chi connectivity index (χ0n) is 21.9. The molecular formula is C30H30N2O6. The molecule has 1 atom stereocenters. The molecule has 0 saturated carbocycles. The van der Waals surface area contributed by atoms with E-state index < -0.39 is 17.7 Å². The van der Waals surface area contributed by atoms with Crippen LogP contribution in [0.25, 0.3) is 5.76 Å². The first-order valence-corrected chi connectivity index (χ1v) is 12.5. The number of ketones is 1. The summed E-state index contributed by atoms with van der Waals surface area (Å²) in [5, 5.41) is 11.4. The summed E-state index contributed by atoms with van der Waals surface area (Å²) >= 11 is 0. The number of aryl methyl sites for hydroxylation is 1. The van der Waals surface area contributed by atoms with Crippen molar-refractivity contribution < 1.29 is 28.9 Å². The lowest BCUT2D eigenvalue weighted by Crippen LogP contribution is -2.29. The number of amides is 1. The molecule has 0 spiro atoms. The summed E-state index contributed by atoms with van der Waals surface area (Å²) < 4.78 is 16.5. The van der Waals surface area contributed by atoms with E-state index in [-0.39, 0.29) is 24.7 Å². The third kappa shape index (κ3) is 4.53. The molecule has 1 N–H and O–H groups in total. The minimum Gasteiger partial charge on any atom is -0.507 e. The van der Waals surface area contributed by atoms with E-state index >= 15 is 0 Å². The topological polar surface area (TPSA) is 88.5 Å². The minimum atomic E-state index is -0.775. The number of aliphatic hydroxyl groups is 1. The molecule has 8 nitrogen and oxygen atoms in total. The van der Waals surface area contributed by atoms with E-state index in [1.165, 1.54) is 4.90 Å². The number of anilines is 1. The lowest BCUT2D eigenvalue weighted by molar-refractivity contribution is -0.140. The molecule has 3 aromatic carbocycles. The number of benzene rings is 3. The molecule has 1 fully saturated rings. The number of nitrogens with zero attached hydrogens (tertiary/aromatic N) is 2. The number of rotatable bonds is 7. The highest BCUT2D eigenvalue weighted by Gasteiger charge is 2.46. The van der Waals surface area contributed by atoms with Crippen molar-refractivity contribution in [3.8, 4) is 17.2 Å². The highest BCUT2D eigenvalue weighted by molar-refractivity contribution is 6.46. The number of hydrogen-bond donors (Lipinski definition) is 1. The molecule has 2 heterocycles. The second-order valence-corrected chi connectivity index (χ2v) is 9.51. The van der Waals surface area contributed by atoms with Crippen LogP contribution in [-0.4, -0.2) is 49.2 Å². The Morgan fingerprint density at radius 3 is 2.45 bits per heavy atom. The van der Waals surface area contributed by atoms with Gasteiger partial charge in [0.05, 0.1) is 18.2 Å². The number of carbonyl (C=O) groups is 2. The molecule has 0 aromatic heterocycles. The smallest absolute Gasteiger partial charge is 0.295 e. The molecule has 5 rings (SSSR count). The van der Waals surface area contributed by atoms with Gasteiger partial charge < -0.3 is 29.1 Å². The number of aliphatic hydroxyl groups excluding tert-OH is 1. The SMILES string of the molecule is CCOc1ccc(/C(O)=C2\C(=O)C(=O)N(Cc3ccc4c(c3)OCO4)C2c2ccc(N(C)C)cc2)cc1C. The van der Waals surface area contributed by atoms with Crippen LogP contribution in [0.1, 0.15) is 35.2 Å². The van der Waals surface area contributed by atoms with Gasteiger partial charge in [-0.05, 0) is 73.0 Å². The van der Waals surface area contributed by atoms with Crippen molar-refractivity contribution in [1.82, 2.24) is 4.90 Å². The minimum absolute atomic E-state index is 0.0527. The highest BCUT2D eigenvalue weighted by Crippen LogP contribution is 2.42. The van der Waals surface area contributed by atoms with Gasteiger partial charge in [0.2, 0.25) is 6.79 Å². The summed E-state index contributed by atoms with van der Waals surface area (Å²) in [4.78, 5) is 30.3. The van der Waals surface area contributed by atoms with Gasteiger partial charge in [0.15, 0.2) is 11.5 Å². The third-order valence-corrected chi connectivity index (χ3v) is 6.80. The van der Waals surface area contributed by atoms with Crippen LogP contribution in [0, 0.1) is 6.92 Å². The van der Waals surface area contributed by atoms with E-state index in [0.29, 0.717) is 29.4 Å². The molecule has 196 valence electrons. The number of fused-ring (bicyclic) bond motifs is 1. The van der Waals surface area contributed by atoms with Crippen molar-refractivity contribution >= 4 is 23.1 Å². The first-order chi connectivity index (χ1) is 18.3. The maximum Gasteiger partial charge on any atom is 0.295 e. The number of Topliss-reactive ketones (excluding diaryl/α,β-unsaturated/α-hetero) is 1. The van der Waals surface area contributed by atoms with E-state index in [4.69, 9.17) is 14.2 Å². The van der Waals surface area contributed by atoms with Crippen molar-refractivity contribution in [1.29, 1.82) is 0 Å². The average molecular weight is 515 g/mol. The molecule has 2 aliphatic heterocycles. The molecule has 38 heavy (non-hydrogen) atoms. The normalized spacial score (nSPS) is 17.7. The molecule has 2 aliphatic rings. The number of carbonyl (C=O) groups excluding carboxylic acids is 2. The zero-order chi connectivity index (χ0) is 27.0. The Balaban J connectivity index is 1.60. The van der Waals surface area contributed by atoms with Gasteiger partial charge in [-0.15, -0.1) is 0 Å². The second-order valence-electron chi connectivity index (χ2n) is 9.51. The van der Waals surface area contributed by atoms with Crippen LogP contribution in [0.3, 0.4) is 0 Å². The van der Waals surface area contributed by atoms with Gasteiger partial charge in [-0.1, -0.05) is 18.2 Å². The summed E-state index contributed by atoms with van der Waals surface area (Å²) in [5.41, 5.74) is 3.79. The number of ether oxygens (including phenoxy) is 3. The molecule has 3 aromatic rings. The number of likely N-dealkylation sites (tertiary alicyclic amines) is 1. The van der Waals surface area contributed by atoms with Crippen molar-refractivity contribution in [3.63, 3.8) is 0 Å². The fraction of sp³-hybridized carbons (Fsp3) is 0.267. The first kappa shape index (κ1) is 25.2. The van der Waals surface area contributed by atoms with Gasteiger partial charge in [-0.25, -0.2) is 0 Å². The van der Waals surface area contributed by atoms with Crippen LogP contribution in [0.2, 0.25) is 0 Å². The van der Waals surface area contributed by atoms with Crippen LogP contribution in [0.4, 0.5) is 5.69 Å². The average Bonchev–Trinajstić information content (AvgIpc) is 3.47. The zero-order valence-corrected chi connectivity index (χ0v) is 21.9. The van der Waals surface area contributed by atoms with E-state index in [9.17, 15) is 14.7 Å². The van der Waals surface area contributed by atoms with Gasteiger partial charge in [0.1, 0.15) is 11.5 Å². The maximum atomic E-state index is 13.4. The molecule has 1 amide bonds. The van der Waals surface area contributed by atoms with Gasteiger partial charge >= 0.3 is 0 Å². The van der Waals surface area contributed by atoms with Crippen molar-refractivity contribution in [2.75, 3.05) is 32.4 Å². The lowest BCUT2D eigenvalue weighted by Gasteiger charge is -2.26. The molecule has 1 saturated heterocycles. The summed E-state index contributed by atoms with van der Waals surface area (Å²) in [7, 11) is 3.88. The van der Waals surface area contributed by atoms with E-state index in [1.54, 1.807) is 24.3 Å². The van der Waals surface area contributed by atoms with Crippen LogP contribution in [0.5, 0.6) is 17.2 Å². The van der Waals surface area contributed by atoms with Crippen LogP contribution < -0.4 is 19.1 Å². The van der Waals surface area contributed by atoms with Crippen molar-refractivity contribution in [3.05, 3.63) is 88.5 Å². The molecule has 0 bridgehead atoms. The molecule has 0 radical (unpaired) electrons. The van der Waals surface area contributed by atoms with Crippen LogP contribution in [-0.2, 0) is 16.1 Å². The quantitative estimate of drug-likeness (QED) is 0.275. The van der Waals surface area contributed by atoms with Crippen molar-refractivity contribution in [2.24, 2.45) is 0 Å². The Bertz CT molecular complexity index is 1430. The standard InChI is InChI=1S/C30H30N2O6/c1-5-36-23-13-9-21(14-18(23)2)28(33)26-27(20-7-10-22(11-8-20)31(3)4)32(30(35)29(26)34)16-19-6-12-24-25(15-19)38-17-37-24/h6-15,27,33H,5,16-17H2,1-4H3/b28-26+. The Morgan fingerprint density at radius 2 is 1.76 bits per heavy atom. The van der Waals surface area contributed by atoms with Gasteiger partial charge in [-0.2, -0.15) is 0 Å². The fourth-order valence-corrected chi connectivity index (χ4v) is 4.85. The number of hydrogen-bond acceptors (Lipinski definition) is 7. The van der Waals surface area contributed by atoms with E-state index in [2.05, 4.69) is 0 Å². The predicted molar refractivity (Wildman–Crippen MR) is 144 cm³/mol. The lowest BCUT2D eigenvalue weighted by atomic mass is 9.94. The molecule has 8 heteroatoms. The van der Waals surface area contributed by atoms with Crippen LogP contribution >= 0.6 is 0 Å². The van der Waals surface area contributed by atoms with Gasteiger partial charge in [-0.3, -0.25) is 9.59 Å².